The summed E-state index contributed by atoms with van der Waals surface area (Å²) >= 11 is 0. The van der Waals surface area contributed by atoms with Gasteiger partial charge in [0.2, 0.25) is 15.9 Å². The molecule has 3 aromatic carbocycles. The highest BCUT2D eigenvalue weighted by Gasteiger charge is 2.41. The molecule has 0 radical (unpaired) electrons. The minimum atomic E-state index is -3.74. The van der Waals surface area contributed by atoms with Crippen molar-refractivity contribution in [2.24, 2.45) is 11.3 Å². The number of carbonyl (C=O) groups excluding carboxylic acids is 1. The lowest BCUT2D eigenvalue weighted by molar-refractivity contribution is -0.124. The van der Waals surface area contributed by atoms with Gasteiger partial charge < -0.3 is 10.1 Å². The first-order valence-corrected chi connectivity index (χ1v) is 18.1. The number of aromatic nitrogens is 4. The number of hydrogen-bond acceptors (Lipinski definition) is 7. The minimum absolute atomic E-state index is 0.142. The fourth-order valence-corrected chi connectivity index (χ4v) is 8.89. The standard InChI is InChI=1S/C38H44N6O4S/c1-8-44-36-32(48-7)20-31(26(4)35(36)41-42-44)34(38(5,6)37(45)40-30-13-11-17-39-21-30)28-16-15-25(3)29(19-28)23-43-22-24(2)18-27-12-9-10-14-33(27)49(43,46)47/h9-17,19-21,24,34H,8,18,22-23H2,1-7H3,(H,40,45)/t24-,34?/m1/s1. The van der Waals surface area contributed by atoms with Gasteiger partial charge in [-0.3, -0.25) is 9.78 Å². The van der Waals surface area contributed by atoms with Gasteiger partial charge in [-0.15, -0.1) is 5.10 Å². The first-order valence-electron chi connectivity index (χ1n) is 16.7. The molecule has 3 heterocycles. The van der Waals surface area contributed by atoms with E-state index in [0.717, 1.165) is 38.9 Å². The van der Waals surface area contributed by atoms with Crippen LogP contribution in [0.3, 0.4) is 0 Å². The van der Waals surface area contributed by atoms with E-state index >= 15 is 0 Å². The van der Waals surface area contributed by atoms with Crippen molar-refractivity contribution in [1.29, 1.82) is 0 Å². The van der Waals surface area contributed by atoms with E-state index in [9.17, 15) is 13.2 Å². The summed E-state index contributed by atoms with van der Waals surface area (Å²) < 4.78 is 37.4. The normalized spacial score (nSPS) is 16.9. The second kappa shape index (κ2) is 13.4. The van der Waals surface area contributed by atoms with Gasteiger partial charge in [-0.25, -0.2) is 13.1 Å². The van der Waals surface area contributed by atoms with E-state index in [1.807, 2.05) is 75.7 Å². The summed E-state index contributed by atoms with van der Waals surface area (Å²) in [6, 6.07) is 19.0. The number of hydrogen-bond donors (Lipinski definition) is 1. The number of benzene rings is 3. The van der Waals surface area contributed by atoms with Crippen LogP contribution in [0.2, 0.25) is 0 Å². The lowest BCUT2D eigenvalue weighted by atomic mass is 9.69. The van der Waals surface area contributed by atoms with E-state index in [2.05, 4.69) is 33.6 Å². The van der Waals surface area contributed by atoms with Crippen LogP contribution in [0, 0.1) is 25.2 Å². The molecule has 0 bridgehead atoms. The summed E-state index contributed by atoms with van der Waals surface area (Å²) in [7, 11) is -2.11. The number of anilines is 1. The highest BCUT2D eigenvalue weighted by Crippen LogP contribution is 2.46. The third-order valence-corrected chi connectivity index (χ3v) is 11.7. The molecule has 49 heavy (non-hydrogen) atoms. The lowest BCUT2D eigenvalue weighted by Gasteiger charge is -2.35. The van der Waals surface area contributed by atoms with E-state index in [1.54, 1.807) is 42.0 Å². The van der Waals surface area contributed by atoms with Crippen molar-refractivity contribution >= 4 is 32.7 Å². The Morgan fingerprint density at radius 3 is 2.59 bits per heavy atom. The van der Waals surface area contributed by atoms with E-state index in [0.29, 0.717) is 41.4 Å². The molecule has 1 amide bonds. The van der Waals surface area contributed by atoms with E-state index < -0.39 is 21.4 Å². The van der Waals surface area contributed by atoms with Crippen LogP contribution in [0.1, 0.15) is 67.0 Å². The summed E-state index contributed by atoms with van der Waals surface area (Å²) in [4.78, 5) is 18.8. The number of sulfonamides is 1. The number of rotatable bonds is 9. The second-order valence-electron chi connectivity index (χ2n) is 13.6. The van der Waals surface area contributed by atoms with Crippen molar-refractivity contribution in [2.45, 2.75) is 71.9 Å². The molecule has 6 rings (SSSR count). The Hall–Kier alpha value is -4.61. The Morgan fingerprint density at radius 1 is 1.10 bits per heavy atom. The fourth-order valence-electron chi connectivity index (χ4n) is 7.12. The minimum Gasteiger partial charge on any atom is -0.494 e. The monoisotopic (exact) mass is 680 g/mol. The summed E-state index contributed by atoms with van der Waals surface area (Å²) in [6.45, 7) is 13.2. The van der Waals surface area contributed by atoms with Crippen molar-refractivity contribution in [3.8, 4) is 5.75 Å². The van der Waals surface area contributed by atoms with Gasteiger partial charge in [0, 0.05) is 31.7 Å². The third kappa shape index (κ3) is 6.33. The number of fused-ring (bicyclic) bond motifs is 2. The van der Waals surface area contributed by atoms with Crippen LogP contribution in [0.25, 0.3) is 11.0 Å². The molecule has 1 N–H and O–H groups in total. The quantitative estimate of drug-likeness (QED) is 0.185. The molecule has 11 heteroatoms. The molecule has 0 fully saturated rings. The van der Waals surface area contributed by atoms with Crippen molar-refractivity contribution in [2.75, 3.05) is 19.0 Å². The molecule has 1 unspecified atom stereocenters. The number of methoxy groups -OCH3 is 1. The topological polar surface area (TPSA) is 119 Å². The zero-order valence-corrected chi connectivity index (χ0v) is 30.0. The van der Waals surface area contributed by atoms with Gasteiger partial charge >= 0.3 is 0 Å². The predicted octanol–water partition coefficient (Wildman–Crippen LogP) is 6.65. The first-order chi connectivity index (χ1) is 23.4. The maximum atomic E-state index is 14.3. The van der Waals surface area contributed by atoms with Crippen LogP contribution < -0.4 is 10.1 Å². The van der Waals surface area contributed by atoms with Gasteiger partial charge in [-0.1, -0.05) is 62.4 Å². The number of amides is 1. The van der Waals surface area contributed by atoms with Crippen LogP contribution in [0.5, 0.6) is 5.75 Å². The van der Waals surface area contributed by atoms with E-state index in [1.165, 1.54) is 0 Å². The van der Waals surface area contributed by atoms with E-state index in [4.69, 9.17) is 4.74 Å². The number of aryl methyl sites for hydroxylation is 3. The molecule has 256 valence electrons. The summed E-state index contributed by atoms with van der Waals surface area (Å²) in [5.74, 6) is 0.0903. The molecule has 2 atom stereocenters. The van der Waals surface area contributed by atoms with Gasteiger partial charge in [0.05, 0.1) is 29.3 Å². The van der Waals surface area contributed by atoms with Crippen LogP contribution in [0.15, 0.2) is 78.0 Å². The Morgan fingerprint density at radius 2 is 1.88 bits per heavy atom. The molecule has 1 aliphatic heterocycles. The molecule has 5 aromatic rings. The zero-order valence-electron chi connectivity index (χ0n) is 29.2. The Labute approximate surface area is 288 Å². The number of ether oxygens (including phenoxy) is 1. The SMILES string of the molecule is CCn1nnc2c(C)c(C(c3ccc(C)c(CN4C[C@H](C)Cc5ccccc5S4(=O)=O)c3)C(C)(C)C(=O)Nc3cccnc3)cc(OC)c21. The second-order valence-corrected chi connectivity index (χ2v) is 15.6. The van der Waals surface area contributed by atoms with Crippen molar-refractivity contribution in [3.05, 3.63) is 106 Å². The molecule has 10 nitrogen and oxygen atoms in total. The van der Waals surface area contributed by atoms with Gasteiger partial charge in [0.25, 0.3) is 0 Å². The average Bonchev–Trinajstić information content (AvgIpc) is 3.49. The van der Waals surface area contributed by atoms with Gasteiger partial charge in [0.1, 0.15) is 16.8 Å². The molecule has 2 aromatic heterocycles. The smallest absolute Gasteiger partial charge is 0.243 e. The number of nitrogens with zero attached hydrogens (tertiary/aromatic N) is 5. The van der Waals surface area contributed by atoms with Crippen molar-refractivity contribution in [1.82, 2.24) is 24.3 Å². The van der Waals surface area contributed by atoms with Crippen LogP contribution in [-0.2, 0) is 34.3 Å². The van der Waals surface area contributed by atoms with Crippen LogP contribution in [-0.4, -0.2) is 52.3 Å². The lowest BCUT2D eigenvalue weighted by Crippen LogP contribution is -2.37. The maximum Gasteiger partial charge on any atom is 0.243 e. The summed E-state index contributed by atoms with van der Waals surface area (Å²) in [6.07, 6.45) is 3.98. The third-order valence-electron chi connectivity index (χ3n) is 9.83. The highest BCUT2D eigenvalue weighted by molar-refractivity contribution is 7.89. The summed E-state index contributed by atoms with van der Waals surface area (Å²) in [5, 5.41) is 12.0. The van der Waals surface area contributed by atoms with Gasteiger partial charge in [-0.2, -0.15) is 4.31 Å². The van der Waals surface area contributed by atoms with Gasteiger partial charge in [0.15, 0.2) is 0 Å². The molecule has 0 saturated heterocycles. The number of carbonyl (C=O) groups is 1. The van der Waals surface area contributed by atoms with Crippen LogP contribution in [0.4, 0.5) is 5.69 Å². The number of nitrogens with one attached hydrogen (secondary N) is 1. The maximum absolute atomic E-state index is 14.3. The van der Waals surface area contributed by atoms with E-state index in [-0.39, 0.29) is 18.4 Å². The average molecular weight is 681 g/mol. The van der Waals surface area contributed by atoms with Crippen molar-refractivity contribution < 1.29 is 17.9 Å². The fraction of sp³-hybridized carbons (Fsp3) is 0.368. The molecule has 0 saturated carbocycles. The number of pyridine rings is 1. The first kappa shape index (κ1) is 34.3. The Bertz CT molecular complexity index is 2130. The molecule has 1 aliphatic rings. The largest absolute Gasteiger partial charge is 0.494 e. The molecular formula is C38H44N6O4S. The van der Waals surface area contributed by atoms with Crippen LogP contribution >= 0.6 is 0 Å². The van der Waals surface area contributed by atoms with Crippen molar-refractivity contribution in [3.63, 3.8) is 0 Å². The van der Waals surface area contributed by atoms with Gasteiger partial charge in [-0.05, 0) is 90.8 Å². The molecular weight excluding hydrogens is 637 g/mol. The Kier molecular flexibility index (Phi) is 9.34. The highest BCUT2D eigenvalue weighted by atomic mass is 32.2. The molecule has 0 spiro atoms. The summed E-state index contributed by atoms with van der Waals surface area (Å²) in [5.41, 5.74) is 6.44. The molecule has 0 aliphatic carbocycles. The Balaban J connectivity index is 1.50. The predicted molar refractivity (Wildman–Crippen MR) is 191 cm³/mol. The zero-order chi connectivity index (χ0) is 35.1.